The highest BCUT2D eigenvalue weighted by atomic mass is 32.2. The summed E-state index contributed by atoms with van der Waals surface area (Å²) in [4.78, 5) is 177. The number of aliphatic carboxylic acids is 2. The lowest BCUT2D eigenvalue weighted by molar-refractivity contribution is -0.197. The summed E-state index contributed by atoms with van der Waals surface area (Å²) in [5.41, 5.74) is 9.15. The number of hydroxylamine groups is 2. The Labute approximate surface area is 536 Å². The van der Waals surface area contributed by atoms with Crippen molar-refractivity contribution in [3.8, 4) is 0 Å². The molecule has 4 atom stereocenters. The normalized spacial score (nSPS) is 13.2. The molecular formula is C58H101N9O21S2. The van der Waals surface area contributed by atoms with Crippen LogP contribution in [0.15, 0.2) is 0 Å². The quantitative estimate of drug-likeness (QED) is 0.0188. The molecule has 32 heteroatoms. The fourth-order valence-corrected chi connectivity index (χ4v) is 7.92. The summed E-state index contributed by atoms with van der Waals surface area (Å²) in [6, 6.07) is -3.26. The van der Waals surface area contributed by atoms with Gasteiger partial charge in [0.2, 0.25) is 29.5 Å². The molecule has 90 heavy (non-hydrogen) atoms. The van der Waals surface area contributed by atoms with Crippen LogP contribution in [0.1, 0.15) is 193 Å². The average Bonchev–Trinajstić information content (AvgIpc) is 1.99. The van der Waals surface area contributed by atoms with Gasteiger partial charge in [-0.15, -0.1) is 5.06 Å². The van der Waals surface area contributed by atoms with E-state index in [0.717, 1.165) is 44.3 Å². The van der Waals surface area contributed by atoms with E-state index in [9.17, 15) is 71.9 Å². The Balaban J connectivity index is -0.00000116. The molecule has 0 spiro atoms. The van der Waals surface area contributed by atoms with Gasteiger partial charge in [-0.3, -0.25) is 62.3 Å². The number of amides is 8. The van der Waals surface area contributed by atoms with Crippen molar-refractivity contribution in [3.63, 3.8) is 0 Å². The molecule has 516 valence electrons. The number of esters is 2. The van der Waals surface area contributed by atoms with Crippen molar-refractivity contribution in [3.05, 3.63) is 0 Å². The predicted octanol–water partition coefficient (Wildman–Crippen LogP) is 3.21. The highest BCUT2D eigenvalue weighted by molar-refractivity contribution is 8.13. The number of carboxylic acid groups (broad SMARTS) is 2. The van der Waals surface area contributed by atoms with E-state index in [1.54, 1.807) is 62.3 Å². The molecule has 1 saturated heterocycles. The zero-order chi connectivity index (χ0) is 69.8. The standard InChI is InChI=1S/C20H31N3O7S.C15H29N3O5.C14H25N3O5S.C9H16O4/c1-3-4-11-21-20(29)15(13-19(28)30-23-17(26)9-10-18(23)27)22-16(25)8-6-5-7-12-31-14(2)24;1-14(2,3)22-11(19)9-10(16)12(20)17-7-8-18-13(21)23-15(4,5)6;1-10(18)23-8-4-2-3-5-12(19)17-11(9-13(20)21)14(22)16-7-6-15;1-6(8(11)12)5-7(10)13-9(2,3)4/h15H,3-13H2,1-2H3,(H,21,29)(H,22,25);10H,7-9,16H2,1-6H3,(H,17,20)(H,18,21);11H,2-9,15H2,1H3,(H,16,22)(H,17,19)(H,20,21);6H,5H2,1-4H3,(H,11,12)/t15-;10-;11-;6-/m0000/s1. The lowest BCUT2D eigenvalue weighted by Crippen LogP contribution is -2.48. The summed E-state index contributed by atoms with van der Waals surface area (Å²) in [6.07, 6.45) is 4.45. The number of hydrogen-bond acceptors (Lipinski definition) is 23. The van der Waals surface area contributed by atoms with Crippen LogP contribution in [0.2, 0.25) is 0 Å². The van der Waals surface area contributed by atoms with Gasteiger partial charge in [0.1, 0.15) is 28.9 Å². The molecule has 12 N–H and O–H groups in total. The van der Waals surface area contributed by atoms with Gasteiger partial charge < -0.3 is 72.6 Å². The third kappa shape index (κ3) is 53.0. The topological polar surface area (TPSA) is 461 Å². The Bertz CT molecular complexity index is 2330. The van der Waals surface area contributed by atoms with Crippen LogP contribution in [0.3, 0.4) is 0 Å². The second-order valence-electron chi connectivity index (χ2n) is 23.3. The monoisotopic (exact) mass is 1320 g/mol. The number of rotatable bonds is 35. The summed E-state index contributed by atoms with van der Waals surface area (Å²) in [5, 5.41) is 33.0. The number of unbranched alkanes of at least 4 members (excludes halogenated alkanes) is 5. The molecule has 1 rings (SSSR count). The molecule has 0 aliphatic carbocycles. The number of carbonyl (C=O) groups excluding carboxylic acids is 13. The van der Waals surface area contributed by atoms with Crippen LogP contribution in [-0.4, -0.2) is 182 Å². The smallest absolute Gasteiger partial charge is 0.407 e. The van der Waals surface area contributed by atoms with E-state index in [1.807, 2.05) is 6.92 Å². The van der Waals surface area contributed by atoms with E-state index in [-0.39, 0.29) is 80.8 Å². The Morgan fingerprint density at radius 2 is 0.967 bits per heavy atom. The Morgan fingerprint density at radius 1 is 0.544 bits per heavy atom. The third-order valence-corrected chi connectivity index (χ3v) is 12.6. The van der Waals surface area contributed by atoms with Crippen molar-refractivity contribution >= 4 is 111 Å². The van der Waals surface area contributed by atoms with Crippen molar-refractivity contribution < 1.29 is 101 Å². The molecule has 0 radical (unpaired) electrons. The summed E-state index contributed by atoms with van der Waals surface area (Å²) >= 11 is 2.49. The summed E-state index contributed by atoms with van der Waals surface area (Å²) < 4.78 is 15.1. The molecular weight excluding hydrogens is 1220 g/mol. The van der Waals surface area contributed by atoms with E-state index in [1.165, 1.54) is 44.3 Å². The van der Waals surface area contributed by atoms with Gasteiger partial charge in [0.05, 0.1) is 37.6 Å². The van der Waals surface area contributed by atoms with Gasteiger partial charge in [0.15, 0.2) is 10.2 Å². The first-order valence-corrected chi connectivity index (χ1v) is 31.7. The summed E-state index contributed by atoms with van der Waals surface area (Å²) in [6.45, 7) is 23.4. The zero-order valence-electron chi connectivity index (χ0n) is 54.6. The number of ether oxygens (including phenoxy) is 3. The fraction of sp³-hybridized carbons (Fsp3) is 0.741. The van der Waals surface area contributed by atoms with Crippen molar-refractivity contribution in [1.29, 1.82) is 0 Å². The van der Waals surface area contributed by atoms with Gasteiger partial charge in [-0.05, 0) is 94.4 Å². The van der Waals surface area contributed by atoms with Crippen LogP contribution in [-0.2, 0) is 86.2 Å². The number of nitrogens with one attached hydrogen (secondary N) is 6. The van der Waals surface area contributed by atoms with Crippen molar-refractivity contribution in [2.75, 3.05) is 44.2 Å². The molecule has 0 aromatic rings. The molecule has 0 aromatic heterocycles. The Kier molecular flexibility index (Phi) is 46.5. The van der Waals surface area contributed by atoms with Gasteiger partial charge in [0, 0.05) is 83.8 Å². The first-order chi connectivity index (χ1) is 41.6. The first kappa shape index (κ1) is 87.3. The van der Waals surface area contributed by atoms with E-state index >= 15 is 0 Å². The van der Waals surface area contributed by atoms with Crippen molar-refractivity contribution in [1.82, 2.24) is 37.0 Å². The van der Waals surface area contributed by atoms with Gasteiger partial charge in [0.25, 0.3) is 11.8 Å². The van der Waals surface area contributed by atoms with Gasteiger partial charge >= 0.3 is 35.9 Å². The molecule has 1 aliphatic rings. The van der Waals surface area contributed by atoms with Crippen LogP contribution in [0.5, 0.6) is 0 Å². The summed E-state index contributed by atoms with van der Waals surface area (Å²) in [7, 11) is 0. The van der Waals surface area contributed by atoms with Crippen LogP contribution >= 0.6 is 23.5 Å². The zero-order valence-corrected chi connectivity index (χ0v) is 56.3. The molecule has 1 fully saturated rings. The maximum absolute atomic E-state index is 12.4. The number of thioether (sulfide) groups is 2. The molecule has 8 amide bonds. The molecule has 0 saturated carbocycles. The molecule has 0 unspecified atom stereocenters. The fourth-order valence-electron chi connectivity index (χ4n) is 6.65. The largest absolute Gasteiger partial charge is 0.481 e. The predicted molar refractivity (Wildman–Crippen MR) is 334 cm³/mol. The van der Waals surface area contributed by atoms with Gasteiger partial charge in [-0.25, -0.2) is 9.59 Å². The van der Waals surface area contributed by atoms with E-state index in [4.69, 9.17) is 40.7 Å². The van der Waals surface area contributed by atoms with Gasteiger partial charge in [-0.1, -0.05) is 56.6 Å². The number of nitrogens with zero attached hydrogens (tertiary/aromatic N) is 1. The lowest BCUT2D eigenvalue weighted by Gasteiger charge is -2.21. The highest BCUT2D eigenvalue weighted by Crippen LogP contribution is 2.16. The van der Waals surface area contributed by atoms with E-state index in [2.05, 4.69) is 31.9 Å². The lowest BCUT2D eigenvalue weighted by atomic mass is 10.1. The second-order valence-corrected chi connectivity index (χ2v) is 25.8. The summed E-state index contributed by atoms with van der Waals surface area (Å²) in [5.74, 6) is -6.94. The molecule has 0 bridgehead atoms. The number of carboxylic acids is 2. The Hall–Kier alpha value is -6.93. The van der Waals surface area contributed by atoms with Gasteiger partial charge in [-0.2, -0.15) is 0 Å². The minimum atomic E-state index is -1.17. The molecule has 1 heterocycles. The number of carbonyl (C=O) groups is 15. The maximum Gasteiger partial charge on any atom is 0.407 e. The van der Waals surface area contributed by atoms with Crippen molar-refractivity contribution in [2.45, 2.75) is 228 Å². The molecule has 0 aromatic carbocycles. The number of hydrogen-bond donors (Lipinski definition) is 10. The van der Waals surface area contributed by atoms with E-state index < -0.39 is 125 Å². The van der Waals surface area contributed by atoms with Crippen LogP contribution in [0.4, 0.5) is 4.79 Å². The minimum absolute atomic E-state index is 0.0330. The molecule has 1 aliphatic heterocycles. The van der Waals surface area contributed by atoms with Crippen LogP contribution in [0.25, 0.3) is 0 Å². The number of alkyl carbamates (subject to hydrolysis) is 1. The number of imide groups is 1. The number of nitrogens with two attached hydrogens (primary N) is 2. The third-order valence-electron chi connectivity index (χ3n) is 10.8. The average molecular weight is 1320 g/mol. The van der Waals surface area contributed by atoms with Crippen LogP contribution < -0.4 is 43.4 Å². The molecule has 30 nitrogen and oxygen atoms in total. The second kappa shape index (κ2) is 47.9. The van der Waals surface area contributed by atoms with Crippen molar-refractivity contribution in [2.24, 2.45) is 17.4 Å². The first-order valence-electron chi connectivity index (χ1n) is 29.7. The van der Waals surface area contributed by atoms with Crippen LogP contribution in [0, 0.1) is 5.92 Å². The maximum atomic E-state index is 12.4. The SMILES string of the molecule is CC(=O)SCCCCCC(=O)N[C@@H](CC(=O)O)C(=O)NCCN.CC(C)(C)OC(=O)C[C@H](N)C(=O)NCCNC(=O)OC(C)(C)C.CCCCNC(=O)[C@H](CC(=O)ON1C(=O)CCC1=O)NC(=O)CCCCCSC(C)=O.C[C@@H](CC(=O)OC(C)(C)C)C(=O)O. The highest BCUT2D eigenvalue weighted by Gasteiger charge is 2.35. The Morgan fingerprint density at radius 3 is 1.38 bits per heavy atom. The van der Waals surface area contributed by atoms with E-state index in [0.29, 0.717) is 30.2 Å². The minimum Gasteiger partial charge on any atom is -0.481 e.